The van der Waals surface area contributed by atoms with Crippen molar-refractivity contribution in [2.75, 3.05) is 16.3 Å². The fourth-order valence-electron chi connectivity index (χ4n) is 1.31. The second kappa shape index (κ2) is 5.88. The molecule has 8 heteroatoms. The van der Waals surface area contributed by atoms with Gasteiger partial charge in [0.1, 0.15) is 5.60 Å². The quantitative estimate of drug-likeness (QED) is 0.896. The highest BCUT2D eigenvalue weighted by atomic mass is 35.5. The molecular weight excluding hydrogens is 304 g/mol. The molecule has 0 heterocycles. The van der Waals surface area contributed by atoms with Crippen LogP contribution in [0.4, 0.5) is 16.2 Å². The Morgan fingerprint density at radius 1 is 1.30 bits per heavy atom. The zero-order valence-electron chi connectivity index (χ0n) is 11.7. The zero-order chi connectivity index (χ0) is 15.6. The van der Waals surface area contributed by atoms with Crippen molar-refractivity contribution in [2.45, 2.75) is 26.4 Å². The van der Waals surface area contributed by atoms with Gasteiger partial charge in [0.25, 0.3) is 0 Å². The van der Waals surface area contributed by atoms with Gasteiger partial charge in [-0.2, -0.15) is 0 Å². The fraction of sp³-hybridized carbons (Fsp3) is 0.417. The lowest BCUT2D eigenvalue weighted by Gasteiger charge is -2.20. The summed E-state index contributed by atoms with van der Waals surface area (Å²) in [4.78, 5) is 11.6. The number of benzene rings is 1. The van der Waals surface area contributed by atoms with Gasteiger partial charge < -0.3 is 4.74 Å². The third kappa shape index (κ3) is 6.12. The summed E-state index contributed by atoms with van der Waals surface area (Å²) in [7, 11) is -3.40. The Labute approximate surface area is 123 Å². The molecule has 0 radical (unpaired) electrons. The number of carbonyl (C=O) groups excluding carboxylic acids is 1. The van der Waals surface area contributed by atoms with Crippen molar-refractivity contribution in [1.82, 2.24) is 0 Å². The summed E-state index contributed by atoms with van der Waals surface area (Å²) >= 11 is 5.94. The maximum absolute atomic E-state index is 11.6. The van der Waals surface area contributed by atoms with Gasteiger partial charge in [-0.3, -0.25) is 10.0 Å². The van der Waals surface area contributed by atoms with E-state index in [0.29, 0.717) is 5.69 Å². The fourth-order valence-corrected chi connectivity index (χ4v) is 2.03. The second-order valence-electron chi connectivity index (χ2n) is 5.20. The Bertz CT molecular complexity index is 608. The van der Waals surface area contributed by atoms with Crippen molar-refractivity contribution < 1.29 is 17.9 Å². The predicted octanol–water partition coefficient (Wildman–Crippen LogP) is 3.06. The van der Waals surface area contributed by atoms with E-state index >= 15 is 0 Å². The Hall–Kier alpha value is -1.47. The topological polar surface area (TPSA) is 84.5 Å². The van der Waals surface area contributed by atoms with Gasteiger partial charge in [-0.1, -0.05) is 11.6 Å². The third-order valence-corrected chi connectivity index (χ3v) is 2.84. The summed E-state index contributed by atoms with van der Waals surface area (Å²) in [5, 5.41) is 2.74. The highest BCUT2D eigenvalue weighted by Gasteiger charge is 2.17. The first-order valence-electron chi connectivity index (χ1n) is 5.74. The van der Waals surface area contributed by atoms with Crippen molar-refractivity contribution >= 4 is 39.1 Å². The molecule has 0 bridgehead atoms. The Morgan fingerprint density at radius 2 is 1.90 bits per heavy atom. The van der Waals surface area contributed by atoms with E-state index in [2.05, 4.69) is 10.0 Å². The molecule has 1 aromatic carbocycles. The third-order valence-electron chi connectivity index (χ3n) is 1.91. The number of rotatable bonds is 3. The number of anilines is 2. The van der Waals surface area contributed by atoms with Crippen molar-refractivity contribution in [2.24, 2.45) is 0 Å². The zero-order valence-corrected chi connectivity index (χ0v) is 13.2. The van der Waals surface area contributed by atoms with Crippen LogP contribution in [-0.2, 0) is 14.8 Å². The second-order valence-corrected chi connectivity index (χ2v) is 7.35. The average molecular weight is 321 g/mol. The van der Waals surface area contributed by atoms with E-state index in [0.717, 1.165) is 6.26 Å². The standard InChI is InChI=1S/C12H17ClN2O4S/c1-12(2,3)19-11(16)14-10-7-8(5-6-9(10)13)15-20(4,17)18/h5-7,15H,1-4H3,(H,14,16). The largest absolute Gasteiger partial charge is 0.444 e. The first-order valence-corrected chi connectivity index (χ1v) is 8.00. The smallest absolute Gasteiger partial charge is 0.412 e. The lowest BCUT2D eigenvalue weighted by Crippen LogP contribution is -2.27. The lowest BCUT2D eigenvalue weighted by molar-refractivity contribution is 0.0636. The minimum absolute atomic E-state index is 0.259. The number of amides is 1. The Kier molecular flexibility index (Phi) is 4.88. The minimum atomic E-state index is -3.40. The van der Waals surface area contributed by atoms with Crippen molar-refractivity contribution in [3.8, 4) is 0 Å². The molecule has 1 rings (SSSR count). The van der Waals surface area contributed by atoms with Crippen LogP contribution in [0.1, 0.15) is 20.8 Å². The predicted molar refractivity (Wildman–Crippen MR) is 79.8 cm³/mol. The molecule has 0 unspecified atom stereocenters. The van der Waals surface area contributed by atoms with Gasteiger partial charge in [-0.15, -0.1) is 0 Å². The van der Waals surface area contributed by atoms with E-state index < -0.39 is 21.7 Å². The molecule has 0 aliphatic carbocycles. The van der Waals surface area contributed by atoms with Crippen LogP contribution in [0.3, 0.4) is 0 Å². The van der Waals surface area contributed by atoms with Crippen molar-refractivity contribution in [3.05, 3.63) is 23.2 Å². The van der Waals surface area contributed by atoms with Crippen LogP contribution in [0.2, 0.25) is 5.02 Å². The number of ether oxygens (including phenoxy) is 1. The molecule has 0 aromatic heterocycles. The number of carbonyl (C=O) groups is 1. The highest BCUT2D eigenvalue weighted by molar-refractivity contribution is 7.92. The van der Waals surface area contributed by atoms with Gasteiger partial charge in [0, 0.05) is 0 Å². The molecule has 0 atom stereocenters. The van der Waals surface area contributed by atoms with Gasteiger partial charge in [0.2, 0.25) is 10.0 Å². The van der Waals surface area contributed by atoms with Crippen LogP contribution in [0.15, 0.2) is 18.2 Å². The maximum atomic E-state index is 11.6. The van der Waals surface area contributed by atoms with Crippen molar-refractivity contribution in [1.29, 1.82) is 0 Å². The summed E-state index contributed by atoms with van der Waals surface area (Å²) in [6.45, 7) is 5.20. The monoisotopic (exact) mass is 320 g/mol. The lowest BCUT2D eigenvalue weighted by atomic mass is 10.2. The molecule has 0 saturated carbocycles. The molecule has 1 aromatic rings. The molecule has 0 saturated heterocycles. The van der Waals surface area contributed by atoms with Crippen LogP contribution in [0.5, 0.6) is 0 Å². The van der Waals surface area contributed by atoms with Gasteiger partial charge in [-0.25, -0.2) is 13.2 Å². The number of halogens is 1. The molecule has 2 N–H and O–H groups in total. The van der Waals surface area contributed by atoms with E-state index in [-0.39, 0.29) is 10.7 Å². The summed E-state index contributed by atoms with van der Waals surface area (Å²) in [6.07, 6.45) is 0.360. The molecule has 0 aliphatic heterocycles. The van der Waals surface area contributed by atoms with Crippen LogP contribution in [0, 0.1) is 0 Å². The van der Waals surface area contributed by atoms with Gasteiger partial charge in [0.05, 0.1) is 22.7 Å². The first-order chi connectivity index (χ1) is 8.96. The number of hydrogen-bond donors (Lipinski definition) is 2. The number of nitrogens with one attached hydrogen (secondary N) is 2. The summed E-state index contributed by atoms with van der Waals surface area (Å²) in [6, 6.07) is 4.37. The molecule has 20 heavy (non-hydrogen) atoms. The number of hydrogen-bond acceptors (Lipinski definition) is 4. The van der Waals surface area contributed by atoms with E-state index in [1.165, 1.54) is 18.2 Å². The van der Waals surface area contributed by atoms with E-state index in [4.69, 9.17) is 16.3 Å². The van der Waals surface area contributed by atoms with Gasteiger partial charge >= 0.3 is 6.09 Å². The molecule has 0 fully saturated rings. The van der Waals surface area contributed by atoms with Gasteiger partial charge in [-0.05, 0) is 39.0 Å². The normalized spacial score (nSPS) is 11.8. The summed E-state index contributed by atoms with van der Waals surface area (Å²) < 4.78 is 29.7. The molecule has 0 spiro atoms. The van der Waals surface area contributed by atoms with Crippen LogP contribution < -0.4 is 10.0 Å². The molecule has 6 nitrogen and oxygen atoms in total. The number of sulfonamides is 1. The summed E-state index contributed by atoms with van der Waals surface area (Å²) in [5.41, 5.74) is -0.0864. The van der Waals surface area contributed by atoms with Crippen molar-refractivity contribution in [3.63, 3.8) is 0 Å². The SMILES string of the molecule is CC(C)(C)OC(=O)Nc1cc(NS(C)(=O)=O)ccc1Cl. The van der Waals surface area contributed by atoms with E-state index in [9.17, 15) is 13.2 Å². The minimum Gasteiger partial charge on any atom is -0.444 e. The Morgan fingerprint density at radius 3 is 2.40 bits per heavy atom. The molecular formula is C12H17ClN2O4S. The van der Waals surface area contributed by atoms with Crippen LogP contribution in [-0.4, -0.2) is 26.4 Å². The molecule has 112 valence electrons. The van der Waals surface area contributed by atoms with Gasteiger partial charge in [0.15, 0.2) is 0 Å². The van der Waals surface area contributed by atoms with Crippen LogP contribution in [0.25, 0.3) is 0 Å². The Balaban J connectivity index is 2.90. The first kappa shape index (κ1) is 16.6. The van der Waals surface area contributed by atoms with E-state index in [1.54, 1.807) is 20.8 Å². The summed E-state index contributed by atoms with van der Waals surface area (Å²) in [5.74, 6) is 0. The molecule has 0 aliphatic rings. The maximum Gasteiger partial charge on any atom is 0.412 e. The average Bonchev–Trinajstić information content (AvgIpc) is 2.18. The van der Waals surface area contributed by atoms with E-state index in [1.807, 2.05) is 0 Å². The molecule has 1 amide bonds. The highest BCUT2D eigenvalue weighted by Crippen LogP contribution is 2.26. The van der Waals surface area contributed by atoms with Crippen LogP contribution >= 0.6 is 11.6 Å².